The Hall–Kier alpha value is -8.36. The monoisotopic (exact) mass is 456 g/mol. The molecule has 0 heteroatoms. The molecule has 0 aromatic carbocycles. The van der Waals surface area contributed by atoms with Gasteiger partial charge in [-0.05, 0) is 94.7 Å². The molecule has 0 atom stereocenters. The molecule has 0 saturated heterocycles. The molecule has 0 radical (unpaired) electrons. The lowest BCUT2D eigenvalue weighted by atomic mass is 10.4. The van der Waals surface area contributed by atoms with E-state index in [0.717, 1.165) is 0 Å². The lowest BCUT2D eigenvalue weighted by Crippen LogP contribution is -1.57. The van der Waals surface area contributed by atoms with Crippen LogP contribution < -0.4 is 0 Å². The molecular weight excluding hydrogens is 456 g/mol. The minimum atomic E-state index is 1.87. The Morgan fingerprint density at radius 3 is 0.289 bits per heavy atom. The molecule has 0 rings (SSSR count). The molecule has 38 heavy (non-hydrogen) atoms. The Labute approximate surface area is 225 Å². The number of hydrogen-bond donors (Lipinski definition) is 0. The molecule has 0 nitrogen and oxygen atoms in total. The van der Waals surface area contributed by atoms with Gasteiger partial charge >= 0.3 is 0 Å². The Kier molecular flexibility index (Phi) is 22.3. The molecule has 0 saturated carbocycles. The van der Waals surface area contributed by atoms with Gasteiger partial charge in [0.1, 0.15) is 0 Å². The predicted molar refractivity (Wildman–Crippen MR) is 146 cm³/mol. The van der Waals surface area contributed by atoms with Crippen LogP contribution in [0.1, 0.15) is 0 Å². The second-order valence-electron chi connectivity index (χ2n) is 4.50. The third-order valence-corrected chi connectivity index (χ3v) is 2.19. The zero-order valence-corrected chi connectivity index (χ0v) is 19.0. The summed E-state index contributed by atoms with van der Waals surface area (Å²) in [7, 11) is 0. The van der Waals surface area contributed by atoms with Crippen LogP contribution in [0.15, 0.2) is 0 Å². The fraction of sp³-hybridized carbons (Fsp3) is 0. The second-order valence-corrected chi connectivity index (χ2v) is 4.50. The van der Waals surface area contributed by atoms with Gasteiger partial charge in [-0.3, -0.25) is 11.8 Å². The van der Waals surface area contributed by atoms with Crippen LogP contribution in [-0.2, 0) is 0 Å². The van der Waals surface area contributed by atoms with Crippen molar-refractivity contribution in [3.63, 3.8) is 0 Å². The van der Waals surface area contributed by atoms with Crippen molar-refractivity contribution in [1.29, 1.82) is 0 Å². The van der Waals surface area contributed by atoms with Crippen molar-refractivity contribution in [2.24, 2.45) is 0 Å². The van der Waals surface area contributed by atoms with Crippen molar-refractivity contribution < 1.29 is 0 Å². The van der Waals surface area contributed by atoms with Crippen LogP contribution in [0.5, 0.6) is 0 Å². The highest BCUT2D eigenvalue weighted by atomic mass is 13.6. The third-order valence-electron chi connectivity index (χ3n) is 2.19. The van der Waals surface area contributed by atoms with Crippen molar-refractivity contribution in [1.82, 2.24) is 0 Å². The van der Waals surface area contributed by atoms with Crippen molar-refractivity contribution >= 4 is 0 Å². The summed E-state index contributed by atoms with van der Waals surface area (Å²) in [5, 5.41) is 0. The first-order valence-corrected chi connectivity index (χ1v) is 9.25. The Balaban J connectivity index is 4.51. The van der Waals surface area contributed by atoms with E-state index in [9.17, 15) is 0 Å². The van der Waals surface area contributed by atoms with Gasteiger partial charge in [0.25, 0.3) is 0 Å². The quantitative estimate of drug-likeness (QED) is 0.362. The molecule has 0 aliphatic rings. The van der Waals surface area contributed by atoms with Crippen molar-refractivity contribution in [3.05, 3.63) is 12.8 Å². The molecule has 0 aromatic rings. The molecule has 0 aliphatic carbocycles. The van der Waals surface area contributed by atoms with E-state index in [1.807, 2.05) is 11.8 Å². The van der Waals surface area contributed by atoms with Crippen LogP contribution in [0.3, 0.4) is 0 Å². The fourth-order valence-electron chi connectivity index (χ4n) is 1.06. The van der Waals surface area contributed by atoms with E-state index in [4.69, 9.17) is 12.8 Å². The summed E-state index contributed by atoms with van der Waals surface area (Å²) in [5.74, 6) is 86.9. The van der Waals surface area contributed by atoms with Gasteiger partial charge in [-0.25, -0.2) is 11.8 Å². The highest BCUT2D eigenvalue weighted by Crippen LogP contribution is 1.60. The topological polar surface area (TPSA) is 0 Å². The maximum Gasteiger partial charge on any atom is 0 e. The molecule has 0 aliphatic heterocycles. The van der Waals surface area contributed by atoms with Gasteiger partial charge in [-0.1, -0.05) is 0 Å². The van der Waals surface area contributed by atoms with Crippen LogP contribution in [-0.4, -0.2) is 0 Å². The summed E-state index contributed by atoms with van der Waals surface area (Å²) in [6.07, 6.45) is 13.1. The summed E-state index contributed by atoms with van der Waals surface area (Å²) in [4.78, 5) is 0. The smallest absolute Gasteiger partial charge is 0 e. The van der Waals surface area contributed by atoms with Gasteiger partial charge in [0.05, 0.1) is 0 Å². The first kappa shape index (κ1) is 29.6. The largest absolute Gasteiger partial charge is 0.358 e. The van der Waals surface area contributed by atoms with E-state index >= 15 is 0 Å². The molecule has 154 valence electrons. The van der Waals surface area contributed by atoms with Gasteiger partial charge in [-0.15, -0.1) is 11.8 Å². The Bertz CT molecular complexity index is 2010. The number of rotatable bonds is 0. The highest BCUT2D eigenvalue weighted by Gasteiger charge is 1.60. The van der Waals surface area contributed by atoms with Gasteiger partial charge in [0, 0.05) is 82.9 Å². The van der Waals surface area contributed by atoms with E-state index in [1.165, 1.54) is 0 Å². The van der Waals surface area contributed by atoms with Crippen LogP contribution in [0, 0.1) is 226 Å². The minimum Gasteiger partial charge on any atom is -0.358 e. The molecule has 0 heterocycles. The molecule has 0 spiro atoms. The third kappa shape index (κ3) is 27.6. The van der Waals surface area contributed by atoms with Crippen LogP contribution in [0.2, 0.25) is 0 Å². The van der Waals surface area contributed by atoms with E-state index in [1.54, 1.807) is 0 Å². The fourth-order valence-corrected chi connectivity index (χ4v) is 1.06. The lowest BCUT2D eigenvalue weighted by molar-refractivity contribution is 2.32. The van der Waals surface area contributed by atoms with Gasteiger partial charge in [-0.2, -0.15) is 0 Å². The highest BCUT2D eigenvalue weighted by molar-refractivity contribution is 5.49. The minimum absolute atomic E-state index is 1.87. The molecule has 0 unspecified atom stereocenters. The summed E-state index contributed by atoms with van der Waals surface area (Å²) in [6.45, 7) is 0. The summed E-state index contributed by atoms with van der Waals surface area (Å²) < 4.78 is 0. The average molecular weight is 456 g/mol. The van der Waals surface area contributed by atoms with Crippen LogP contribution >= 0.6 is 0 Å². The first-order valence-electron chi connectivity index (χ1n) is 9.25. The van der Waals surface area contributed by atoms with Crippen LogP contribution in [0.4, 0.5) is 0 Å². The Morgan fingerprint density at radius 1 is 0.132 bits per heavy atom. The van der Waals surface area contributed by atoms with Gasteiger partial charge in [0.2, 0.25) is 0 Å². The van der Waals surface area contributed by atoms with Crippen molar-refractivity contribution in [3.8, 4) is 213 Å². The van der Waals surface area contributed by atoms with E-state index < -0.39 is 0 Å². The zero-order valence-electron chi connectivity index (χ0n) is 19.0. The summed E-state index contributed by atoms with van der Waals surface area (Å²) >= 11 is 0. The Morgan fingerprint density at radius 2 is 0.211 bits per heavy atom. The van der Waals surface area contributed by atoms with E-state index in [0.29, 0.717) is 0 Å². The molecule has 0 fully saturated rings. The zero-order chi connectivity index (χ0) is 27.5. The lowest BCUT2D eigenvalue weighted by Gasteiger charge is -1.63. The SMILES string of the molecule is [C-]#CC#CC#CC#CC#CC#CC#CC#CC#CC#CC#CC#CC#CC#CC#CC#CC#CC#CC#[C-]. The summed E-state index contributed by atoms with van der Waals surface area (Å²) in [5.41, 5.74) is 0. The predicted octanol–water partition coefficient (Wildman–Crippen LogP) is 0.224. The molecular formula is C38-2. The standard InChI is InChI=1S/C38/c1-3-5-7-9-11-13-15-17-19-21-23-25-27-29-31-33-35-37-38-36-34-32-30-28-26-24-22-20-18-16-14-12-10-8-6-4-2/q-2. The van der Waals surface area contributed by atoms with E-state index in [-0.39, 0.29) is 0 Å². The maximum atomic E-state index is 6.55. The molecule has 0 bridgehead atoms. The molecule has 0 aromatic heterocycles. The molecule has 0 N–H and O–H groups in total. The summed E-state index contributed by atoms with van der Waals surface area (Å²) in [6, 6.07) is 0. The van der Waals surface area contributed by atoms with Crippen molar-refractivity contribution in [2.45, 2.75) is 0 Å². The van der Waals surface area contributed by atoms with Crippen LogP contribution in [0.25, 0.3) is 0 Å². The average Bonchev–Trinajstić information content (AvgIpc) is 2.93. The number of hydrogen-bond acceptors (Lipinski definition) is 0. The van der Waals surface area contributed by atoms with Crippen molar-refractivity contribution in [2.75, 3.05) is 0 Å². The van der Waals surface area contributed by atoms with Gasteiger partial charge in [0.15, 0.2) is 0 Å². The second kappa shape index (κ2) is 28.6. The van der Waals surface area contributed by atoms with Gasteiger partial charge < -0.3 is 12.8 Å². The normalized spacial score (nSPS) is 3.84. The molecule has 0 amide bonds. The van der Waals surface area contributed by atoms with E-state index in [2.05, 4.69) is 201 Å². The maximum absolute atomic E-state index is 6.55. The first-order chi connectivity index (χ1) is 18.9.